The van der Waals surface area contributed by atoms with Crippen LogP contribution in [0.5, 0.6) is 0 Å². The third-order valence-corrected chi connectivity index (χ3v) is 5.94. The summed E-state index contributed by atoms with van der Waals surface area (Å²) in [5.74, 6) is 0.235. The maximum absolute atomic E-state index is 12.3. The second-order valence-electron chi connectivity index (χ2n) is 6.17. The molecule has 2 heterocycles. The number of aromatic nitrogens is 6. The zero-order chi connectivity index (χ0) is 19.5. The van der Waals surface area contributed by atoms with Crippen molar-refractivity contribution in [3.63, 3.8) is 0 Å². The van der Waals surface area contributed by atoms with Crippen LogP contribution in [0.1, 0.15) is 34.1 Å². The lowest BCUT2D eigenvalue weighted by Crippen LogP contribution is -2.15. The summed E-state index contributed by atoms with van der Waals surface area (Å²) < 4.78 is 1.50. The van der Waals surface area contributed by atoms with E-state index >= 15 is 0 Å². The van der Waals surface area contributed by atoms with E-state index in [1.165, 1.54) is 27.8 Å². The van der Waals surface area contributed by atoms with Gasteiger partial charge in [0, 0.05) is 24.2 Å². The zero-order valence-corrected chi connectivity index (χ0v) is 16.5. The van der Waals surface area contributed by atoms with Crippen molar-refractivity contribution < 1.29 is 9.59 Å². The maximum Gasteiger partial charge on any atom is 0.257 e. The van der Waals surface area contributed by atoms with E-state index in [0.717, 1.165) is 17.8 Å². The number of hydrogen-bond acceptors (Lipinski definition) is 9. The van der Waals surface area contributed by atoms with Crippen LogP contribution in [0.15, 0.2) is 29.4 Å². The van der Waals surface area contributed by atoms with Gasteiger partial charge in [0.25, 0.3) is 5.91 Å². The van der Waals surface area contributed by atoms with Gasteiger partial charge in [-0.15, -0.1) is 15.3 Å². The average molecular weight is 416 g/mol. The van der Waals surface area contributed by atoms with E-state index in [1.807, 2.05) is 0 Å². The van der Waals surface area contributed by atoms with Crippen molar-refractivity contribution in [1.29, 1.82) is 0 Å². The summed E-state index contributed by atoms with van der Waals surface area (Å²) in [5, 5.41) is 26.7. The van der Waals surface area contributed by atoms with Crippen molar-refractivity contribution in [2.45, 2.75) is 23.9 Å². The van der Waals surface area contributed by atoms with Crippen LogP contribution in [-0.2, 0) is 11.8 Å². The molecule has 28 heavy (non-hydrogen) atoms. The smallest absolute Gasteiger partial charge is 0.257 e. The van der Waals surface area contributed by atoms with Crippen molar-refractivity contribution in [1.82, 2.24) is 30.4 Å². The molecule has 1 aromatic carbocycles. The number of rotatable bonds is 7. The first-order chi connectivity index (χ1) is 13.6. The van der Waals surface area contributed by atoms with Gasteiger partial charge in [-0.3, -0.25) is 14.9 Å². The van der Waals surface area contributed by atoms with E-state index in [4.69, 9.17) is 0 Å². The number of nitrogens with one attached hydrogen (secondary N) is 2. The van der Waals surface area contributed by atoms with Crippen LogP contribution in [-0.4, -0.2) is 48.0 Å². The molecule has 0 saturated heterocycles. The fourth-order valence-corrected chi connectivity index (χ4v) is 3.88. The molecule has 0 radical (unpaired) electrons. The monoisotopic (exact) mass is 416 g/mol. The highest BCUT2D eigenvalue weighted by Gasteiger charge is 2.27. The van der Waals surface area contributed by atoms with E-state index < -0.39 is 0 Å². The Labute approximate surface area is 168 Å². The number of amides is 2. The van der Waals surface area contributed by atoms with Gasteiger partial charge in [-0.05, 0) is 47.5 Å². The number of carbonyl (C=O) groups excluding carboxylic acids is 2. The molecule has 10 nitrogen and oxygen atoms in total. The van der Waals surface area contributed by atoms with Crippen LogP contribution in [0.2, 0.25) is 0 Å². The fraction of sp³-hybridized carbons (Fsp3) is 0.312. The Balaban J connectivity index is 1.29. The normalized spacial score (nSPS) is 13.3. The maximum atomic E-state index is 12.3. The number of carbonyl (C=O) groups is 2. The Morgan fingerprint density at radius 2 is 1.96 bits per heavy atom. The molecule has 4 rings (SSSR count). The van der Waals surface area contributed by atoms with Gasteiger partial charge in [0.1, 0.15) is 5.01 Å². The molecule has 1 aliphatic rings. The minimum atomic E-state index is -0.262. The Hall–Kier alpha value is -2.86. The second-order valence-corrected chi connectivity index (χ2v) is 8.12. The quantitative estimate of drug-likeness (QED) is 0.559. The summed E-state index contributed by atoms with van der Waals surface area (Å²) in [6.45, 7) is 0. The van der Waals surface area contributed by atoms with Crippen LogP contribution in [0, 0.1) is 0 Å². The van der Waals surface area contributed by atoms with Crippen LogP contribution < -0.4 is 10.6 Å². The molecule has 0 spiro atoms. The van der Waals surface area contributed by atoms with E-state index in [2.05, 4.69) is 36.4 Å². The van der Waals surface area contributed by atoms with Crippen LogP contribution in [0.4, 0.5) is 10.8 Å². The van der Waals surface area contributed by atoms with Gasteiger partial charge >= 0.3 is 0 Å². The summed E-state index contributed by atoms with van der Waals surface area (Å²) in [6, 6.07) is 6.65. The molecule has 1 aliphatic carbocycles. The van der Waals surface area contributed by atoms with Gasteiger partial charge in [0.2, 0.25) is 16.2 Å². The molecule has 2 aromatic heterocycles. The van der Waals surface area contributed by atoms with Crippen LogP contribution in [0.3, 0.4) is 0 Å². The van der Waals surface area contributed by atoms with Crippen LogP contribution >= 0.6 is 23.1 Å². The van der Waals surface area contributed by atoms with Gasteiger partial charge in [0.05, 0.1) is 5.75 Å². The highest BCUT2D eigenvalue weighted by molar-refractivity contribution is 7.99. The highest BCUT2D eigenvalue weighted by Crippen LogP contribution is 2.42. The predicted octanol–water partition coefficient (Wildman–Crippen LogP) is 1.92. The molecule has 1 saturated carbocycles. The summed E-state index contributed by atoms with van der Waals surface area (Å²) in [5.41, 5.74) is 1.07. The zero-order valence-electron chi connectivity index (χ0n) is 14.8. The Morgan fingerprint density at radius 3 is 2.64 bits per heavy atom. The molecule has 12 heteroatoms. The summed E-state index contributed by atoms with van der Waals surface area (Å²) >= 11 is 2.65. The van der Waals surface area contributed by atoms with E-state index in [-0.39, 0.29) is 17.6 Å². The minimum absolute atomic E-state index is 0.177. The van der Waals surface area contributed by atoms with E-state index in [0.29, 0.717) is 27.5 Å². The molecule has 0 atom stereocenters. The number of thioether (sulfide) groups is 1. The molecule has 1 fully saturated rings. The first kappa shape index (κ1) is 18.5. The molecule has 0 unspecified atom stereocenters. The molecule has 0 bridgehead atoms. The van der Waals surface area contributed by atoms with Crippen molar-refractivity contribution in [3.8, 4) is 0 Å². The van der Waals surface area contributed by atoms with Gasteiger partial charge in [-0.1, -0.05) is 23.1 Å². The summed E-state index contributed by atoms with van der Waals surface area (Å²) in [7, 11) is 1.71. The number of anilines is 2. The highest BCUT2D eigenvalue weighted by atomic mass is 32.2. The van der Waals surface area contributed by atoms with Crippen molar-refractivity contribution in [2.24, 2.45) is 7.05 Å². The number of nitrogens with zero attached hydrogens (tertiary/aromatic N) is 6. The lowest BCUT2D eigenvalue weighted by molar-refractivity contribution is -0.113. The van der Waals surface area contributed by atoms with E-state index in [1.54, 1.807) is 31.3 Å². The van der Waals surface area contributed by atoms with Crippen molar-refractivity contribution in [2.75, 3.05) is 16.4 Å². The summed E-state index contributed by atoms with van der Waals surface area (Å²) in [6.07, 6.45) is 2.29. The molecule has 2 N–H and O–H groups in total. The van der Waals surface area contributed by atoms with Crippen molar-refractivity contribution >= 4 is 45.7 Å². The van der Waals surface area contributed by atoms with Gasteiger partial charge in [0.15, 0.2) is 0 Å². The minimum Gasteiger partial charge on any atom is -0.325 e. The average Bonchev–Trinajstić information content (AvgIpc) is 3.30. The second kappa shape index (κ2) is 8.02. The SMILES string of the molecule is Cn1nnnc1SCC(=O)Nc1ccc(C(=O)Nc2nnc(C3CC3)s2)cc1. The lowest BCUT2D eigenvalue weighted by Gasteiger charge is -2.06. The van der Waals surface area contributed by atoms with Gasteiger partial charge in [-0.2, -0.15) is 0 Å². The number of aryl methyl sites for hydroxylation is 1. The summed E-state index contributed by atoms with van der Waals surface area (Å²) in [4.78, 5) is 24.4. The standard InChI is InChI=1S/C16H16N8O2S2/c1-24-16(21-22-23-24)27-8-12(25)17-11-6-4-9(5-7-11)13(26)18-15-20-19-14(28-15)10-2-3-10/h4-7,10H,2-3,8H2,1H3,(H,17,25)(H,18,20,26). The topological polar surface area (TPSA) is 128 Å². The first-order valence-electron chi connectivity index (χ1n) is 8.48. The van der Waals surface area contributed by atoms with Crippen LogP contribution in [0.25, 0.3) is 0 Å². The number of hydrogen-bond donors (Lipinski definition) is 2. The number of benzene rings is 1. The fourth-order valence-electron chi connectivity index (χ4n) is 2.33. The third-order valence-electron chi connectivity index (χ3n) is 3.93. The predicted molar refractivity (Wildman–Crippen MR) is 104 cm³/mol. The van der Waals surface area contributed by atoms with Crippen molar-refractivity contribution in [3.05, 3.63) is 34.8 Å². The molecular formula is C16H16N8O2S2. The Bertz CT molecular complexity index is 996. The lowest BCUT2D eigenvalue weighted by atomic mass is 10.2. The largest absolute Gasteiger partial charge is 0.325 e. The number of tetrazole rings is 1. The Kier molecular flexibility index (Phi) is 5.30. The Morgan fingerprint density at radius 1 is 1.18 bits per heavy atom. The molecule has 3 aromatic rings. The molecule has 2 amide bonds. The first-order valence-corrected chi connectivity index (χ1v) is 10.3. The van der Waals surface area contributed by atoms with Gasteiger partial charge in [-0.25, -0.2) is 4.68 Å². The molecule has 0 aliphatic heterocycles. The van der Waals surface area contributed by atoms with E-state index in [9.17, 15) is 9.59 Å². The van der Waals surface area contributed by atoms with Gasteiger partial charge < -0.3 is 5.32 Å². The molecular weight excluding hydrogens is 400 g/mol. The molecule has 144 valence electrons. The third kappa shape index (κ3) is 4.51.